The van der Waals surface area contributed by atoms with Crippen molar-refractivity contribution in [3.05, 3.63) is 225 Å². The fourth-order valence-electron chi connectivity index (χ4n) is 9.24. The van der Waals surface area contributed by atoms with E-state index in [-0.39, 0.29) is 0 Å². The fraction of sp³-hybridized carbons (Fsp3) is 0. The first kappa shape index (κ1) is 34.9. The number of hydrogen-bond acceptors (Lipinski definition) is 2. The molecule has 0 atom stereocenters. The van der Waals surface area contributed by atoms with Crippen LogP contribution in [0.15, 0.2) is 225 Å². The van der Waals surface area contributed by atoms with E-state index >= 15 is 0 Å². The largest absolute Gasteiger partial charge is 0.309 e. The highest BCUT2D eigenvalue weighted by atomic mass is 15.0. The van der Waals surface area contributed by atoms with Gasteiger partial charge in [0.25, 0.3) is 0 Å². The maximum atomic E-state index is 5.21. The molecule has 0 bridgehead atoms. The summed E-state index contributed by atoms with van der Waals surface area (Å²) >= 11 is 0. The van der Waals surface area contributed by atoms with Crippen molar-refractivity contribution in [2.45, 2.75) is 0 Å². The highest BCUT2D eigenvalue weighted by Crippen LogP contribution is 2.38. The normalized spacial score (nSPS) is 11.6. The summed E-state index contributed by atoms with van der Waals surface area (Å²) in [6.45, 7) is 0. The summed E-state index contributed by atoms with van der Waals surface area (Å²) in [5.41, 5.74) is 16.8. The number of hydrogen-bond donors (Lipinski definition) is 0. The van der Waals surface area contributed by atoms with Crippen molar-refractivity contribution in [3.8, 4) is 61.5 Å². The van der Waals surface area contributed by atoms with Crippen LogP contribution in [0.3, 0.4) is 0 Å². The van der Waals surface area contributed by atoms with Gasteiger partial charge in [0.1, 0.15) is 0 Å². The summed E-state index contributed by atoms with van der Waals surface area (Å²) in [4.78, 5) is 10.2. The molecule has 284 valence electrons. The molecular weight excluding hydrogens is 739 g/mol. The van der Waals surface area contributed by atoms with E-state index in [2.05, 4.69) is 223 Å². The Morgan fingerprint density at radius 2 is 0.721 bits per heavy atom. The van der Waals surface area contributed by atoms with Crippen molar-refractivity contribution in [2.24, 2.45) is 0 Å². The Bertz CT molecular complexity index is 3600. The number of nitrogens with zero attached hydrogens (tertiary/aromatic N) is 3. The maximum Gasteiger partial charge on any atom is 0.0979 e. The highest BCUT2D eigenvalue weighted by molar-refractivity contribution is 6.23. The minimum Gasteiger partial charge on any atom is -0.309 e. The lowest BCUT2D eigenvalue weighted by molar-refractivity contribution is 1.18. The summed E-state index contributed by atoms with van der Waals surface area (Å²) in [6.07, 6.45) is 1.91. The van der Waals surface area contributed by atoms with Crippen LogP contribution in [-0.2, 0) is 0 Å². The third-order valence-electron chi connectivity index (χ3n) is 12.2. The lowest BCUT2D eigenvalue weighted by Crippen LogP contribution is -1.92. The molecule has 0 aliphatic carbocycles. The van der Waals surface area contributed by atoms with E-state index in [4.69, 9.17) is 9.97 Å². The molecule has 0 saturated carbocycles. The average Bonchev–Trinajstić information content (AvgIpc) is 3.68. The van der Waals surface area contributed by atoms with Crippen LogP contribution >= 0.6 is 0 Å². The van der Waals surface area contributed by atoms with Gasteiger partial charge in [0.2, 0.25) is 0 Å². The smallest absolute Gasteiger partial charge is 0.0979 e. The topological polar surface area (TPSA) is 30.7 Å². The van der Waals surface area contributed by atoms with Crippen LogP contribution in [0.5, 0.6) is 0 Å². The third-order valence-corrected chi connectivity index (χ3v) is 12.2. The zero-order valence-corrected chi connectivity index (χ0v) is 33.2. The van der Waals surface area contributed by atoms with E-state index < -0.39 is 0 Å². The monoisotopic (exact) mass is 775 g/mol. The molecule has 61 heavy (non-hydrogen) atoms. The minimum atomic E-state index is 0.866. The van der Waals surface area contributed by atoms with Crippen molar-refractivity contribution < 1.29 is 0 Å². The van der Waals surface area contributed by atoms with Gasteiger partial charge in [-0.2, -0.15) is 0 Å². The van der Waals surface area contributed by atoms with Crippen LogP contribution in [0, 0.1) is 0 Å². The highest BCUT2D eigenvalue weighted by Gasteiger charge is 2.15. The van der Waals surface area contributed by atoms with Gasteiger partial charge in [-0.25, -0.2) is 4.98 Å². The van der Waals surface area contributed by atoms with Crippen molar-refractivity contribution in [3.63, 3.8) is 0 Å². The molecule has 0 amide bonds. The van der Waals surface area contributed by atoms with Crippen LogP contribution in [0.25, 0.3) is 116 Å². The van der Waals surface area contributed by atoms with Gasteiger partial charge >= 0.3 is 0 Å². The van der Waals surface area contributed by atoms with Crippen LogP contribution in [0.1, 0.15) is 0 Å². The van der Waals surface area contributed by atoms with E-state index in [1.54, 1.807) is 0 Å². The summed E-state index contributed by atoms with van der Waals surface area (Å²) in [5.74, 6) is 0. The predicted octanol–water partition coefficient (Wildman–Crippen LogP) is 15.4. The Morgan fingerprint density at radius 3 is 1.33 bits per heavy atom. The zero-order valence-electron chi connectivity index (χ0n) is 33.2. The molecule has 0 aliphatic heterocycles. The second-order valence-electron chi connectivity index (χ2n) is 15.8. The number of aromatic nitrogens is 3. The van der Waals surface area contributed by atoms with E-state index in [0.29, 0.717) is 0 Å². The van der Waals surface area contributed by atoms with Gasteiger partial charge in [-0.3, -0.25) is 4.98 Å². The maximum absolute atomic E-state index is 5.21. The molecule has 3 heteroatoms. The molecule has 0 fully saturated rings. The molecule has 10 aromatic carbocycles. The minimum absolute atomic E-state index is 0.866. The second-order valence-corrected chi connectivity index (χ2v) is 15.8. The first-order valence-corrected chi connectivity index (χ1v) is 20.8. The molecule has 2 aromatic heterocycles. The third kappa shape index (κ3) is 5.98. The van der Waals surface area contributed by atoms with Gasteiger partial charge in [-0.1, -0.05) is 170 Å². The van der Waals surface area contributed by atoms with Crippen LogP contribution in [0.4, 0.5) is 0 Å². The number of para-hydroxylation sites is 2. The van der Waals surface area contributed by atoms with Crippen molar-refractivity contribution in [1.29, 1.82) is 0 Å². The van der Waals surface area contributed by atoms with Gasteiger partial charge in [0, 0.05) is 32.8 Å². The molecular formula is C58H37N3. The van der Waals surface area contributed by atoms with Gasteiger partial charge in [0.15, 0.2) is 0 Å². The van der Waals surface area contributed by atoms with Gasteiger partial charge in [-0.15, -0.1) is 0 Å². The summed E-state index contributed by atoms with van der Waals surface area (Å²) in [7, 11) is 0. The molecule has 12 rings (SSSR count). The van der Waals surface area contributed by atoms with E-state index in [1.807, 2.05) is 6.20 Å². The quantitative estimate of drug-likeness (QED) is 0.158. The van der Waals surface area contributed by atoms with Crippen LogP contribution in [0.2, 0.25) is 0 Å². The van der Waals surface area contributed by atoms with Crippen molar-refractivity contribution in [1.82, 2.24) is 14.5 Å². The number of benzene rings is 10. The first-order chi connectivity index (χ1) is 30.2. The Morgan fingerprint density at radius 1 is 0.279 bits per heavy atom. The SMILES string of the molecule is c1ccc(-n2c3ccccc3c3cc(-c4cccc(-c5cccc(-c6cccc(-c7ccc(-c8cnc9c%10ccccc%10c%10ccccc%10c9n8)cc7)c6)c5)c4)ccc32)cc1. The molecule has 0 unspecified atom stereocenters. The Labute approximate surface area is 353 Å². The fourth-order valence-corrected chi connectivity index (χ4v) is 9.24. The average molecular weight is 776 g/mol. The molecule has 3 nitrogen and oxygen atoms in total. The van der Waals surface area contributed by atoms with Gasteiger partial charge < -0.3 is 4.57 Å². The van der Waals surface area contributed by atoms with Crippen LogP contribution < -0.4 is 0 Å². The lowest BCUT2D eigenvalue weighted by atomic mass is 9.94. The zero-order chi connectivity index (χ0) is 40.3. The van der Waals surface area contributed by atoms with E-state index in [0.717, 1.165) is 38.6 Å². The molecule has 0 aliphatic rings. The molecule has 0 N–H and O–H groups in total. The number of fused-ring (bicyclic) bond motifs is 9. The van der Waals surface area contributed by atoms with Gasteiger partial charge in [-0.05, 0) is 104 Å². The Kier molecular flexibility index (Phi) is 8.17. The van der Waals surface area contributed by atoms with Crippen molar-refractivity contribution in [2.75, 3.05) is 0 Å². The molecule has 0 spiro atoms. The van der Waals surface area contributed by atoms with E-state index in [1.165, 1.54) is 77.2 Å². The second kappa shape index (κ2) is 14.3. The molecule has 12 aromatic rings. The predicted molar refractivity (Wildman–Crippen MR) is 256 cm³/mol. The molecule has 2 heterocycles. The first-order valence-electron chi connectivity index (χ1n) is 20.8. The standard InChI is InChI=1S/C58H37N3/c1-2-19-47(20-3-1)61-55-26-9-8-23-50(55)53-36-46(31-32-56(53)61)45-18-12-17-44(35-45)43-16-11-15-42(34-43)41-14-10-13-40(33-41)38-27-29-39(30-28-38)54-37-59-57-51-24-6-4-21-48(51)49-22-5-7-25-52(49)58(57)60-54/h1-37H. The van der Waals surface area contributed by atoms with Crippen molar-refractivity contribution >= 4 is 54.4 Å². The van der Waals surface area contributed by atoms with Crippen LogP contribution in [-0.4, -0.2) is 14.5 Å². The van der Waals surface area contributed by atoms with E-state index in [9.17, 15) is 0 Å². The summed E-state index contributed by atoms with van der Waals surface area (Å²) in [5, 5.41) is 7.16. The molecule has 0 radical (unpaired) electrons. The number of rotatable bonds is 6. The van der Waals surface area contributed by atoms with Gasteiger partial charge in [0.05, 0.1) is 34.0 Å². The Balaban J connectivity index is 0.844. The molecule has 0 saturated heterocycles. The lowest BCUT2D eigenvalue weighted by Gasteiger charge is -2.11. The summed E-state index contributed by atoms with van der Waals surface area (Å²) in [6, 6.07) is 78.5. The Hall–Kier alpha value is -8.14. The summed E-state index contributed by atoms with van der Waals surface area (Å²) < 4.78 is 2.37.